The van der Waals surface area contributed by atoms with Gasteiger partial charge in [-0.1, -0.05) is 18.2 Å². The molecule has 2 nitrogen and oxygen atoms in total. The predicted molar refractivity (Wildman–Crippen MR) is 67.2 cm³/mol. The Morgan fingerprint density at radius 3 is 2.56 bits per heavy atom. The molecular weight excluding hydrogens is 196 g/mol. The Balaban J connectivity index is 1.60. The van der Waals surface area contributed by atoms with E-state index in [-0.39, 0.29) is 0 Å². The molecule has 0 aromatic heterocycles. The molecule has 3 N–H and O–H groups in total. The summed E-state index contributed by atoms with van der Waals surface area (Å²) in [5, 5.41) is 3.52. The quantitative estimate of drug-likeness (QED) is 0.814. The summed E-state index contributed by atoms with van der Waals surface area (Å²) < 4.78 is 0. The van der Waals surface area contributed by atoms with Crippen LogP contribution in [0.5, 0.6) is 0 Å². The highest BCUT2D eigenvalue weighted by atomic mass is 14.9. The van der Waals surface area contributed by atoms with E-state index in [9.17, 15) is 0 Å². The Morgan fingerprint density at radius 1 is 1.12 bits per heavy atom. The maximum atomic E-state index is 6.29. The SMILES string of the molecule is NC1C2CCC(C2)C1CNc1ccccc1. The molecule has 4 atom stereocenters. The number of anilines is 1. The van der Waals surface area contributed by atoms with Crippen LogP contribution in [0.15, 0.2) is 30.3 Å². The zero-order chi connectivity index (χ0) is 11.0. The van der Waals surface area contributed by atoms with E-state index in [2.05, 4.69) is 35.6 Å². The molecule has 2 saturated carbocycles. The standard InChI is InChI=1S/C14H20N2/c15-14-11-7-6-10(8-11)13(14)9-16-12-4-2-1-3-5-12/h1-5,10-11,13-14,16H,6-9,15H2. The molecule has 2 aliphatic carbocycles. The van der Waals surface area contributed by atoms with Crippen molar-refractivity contribution in [2.45, 2.75) is 25.3 Å². The molecule has 0 spiro atoms. The third-order valence-electron chi connectivity index (χ3n) is 4.47. The van der Waals surface area contributed by atoms with Crippen molar-refractivity contribution in [1.82, 2.24) is 0 Å². The van der Waals surface area contributed by atoms with E-state index in [0.29, 0.717) is 12.0 Å². The summed E-state index contributed by atoms with van der Waals surface area (Å²) in [5.74, 6) is 2.39. The van der Waals surface area contributed by atoms with Crippen LogP contribution in [-0.2, 0) is 0 Å². The third-order valence-corrected chi connectivity index (χ3v) is 4.47. The van der Waals surface area contributed by atoms with Gasteiger partial charge in [-0.15, -0.1) is 0 Å². The van der Waals surface area contributed by atoms with Crippen LogP contribution in [-0.4, -0.2) is 12.6 Å². The highest BCUT2D eigenvalue weighted by Crippen LogP contribution is 2.47. The highest BCUT2D eigenvalue weighted by Gasteiger charge is 2.45. The maximum Gasteiger partial charge on any atom is 0.0340 e. The first kappa shape index (κ1) is 10.2. The van der Waals surface area contributed by atoms with Gasteiger partial charge in [-0.2, -0.15) is 0 Å². The normalized spacial score (nSPS) is 36.6. The number of nitrogens with two attached hydrogens (primary N) is 1. The second-order valence-electron chi connectivity index (χ2n) is 5.32. The summed E-state index contributed by atoms with van der Waals surface area (Å²) in [4.78, 5) is 0. The van der Waals surface area contributed by atoms with Gasteiger partial charge in [0.2, 0.25) is 0 Å². The fraction of sp³-hybridized carbons (Fsp3) is 0.571. The molecule has 2 aliphatic rings. The lowest BCUT2D eigenvalue weighted by atomic mass is 9.85. The molecule has 1 aromatic carbocycles. The molecule has 1 aromatic rings. The van der Waals surface area contributed by atoms with E-state index in [0.717, 1.165) is 18.4 Å². The van der Waals surface area contributed by atoms with Crippen LogP contribution in [0.4, 0.5) is 5.69 Å². The van der Waals surface area contributed by atoms with E-state index < -0.39 is 0 Å². The smallest absolute Gasteiger partial charge is 0.0340 e. The minimum atomic E-state index is 0.440. The zero-order valence-corrected chi connectivity index (χ0v) is 9.60. The van der Waals surface area contributed by atoms with Gasteiger partial charge in [-0.3, -0.25) is 0 Å². The van der Waals surface area contributed by atoms with E-state index in [4.69, 9.17) is 5.73 Å². The molecule has 2 heteroatoms. The van der Waals surface area contributed by atoms with Crippen molar-refractivity contribution in [2.75, 3.05) is 11.9 Å². The van der Waals surface area contributed by atoms with Gasteiger partial charge < -0.3 is 11.1 Å². The number of hydrogen-bond donors (Lipinski definition) is 2. The van der Waals surface area contributed by atoms with Crippen molar-refractivity contribution in [3.05, 3.63) is 30.3 Å². The Labute approximate surface area is 97.2 Å². The minimum absolute atomic E-state index is 0.440. The zero-order valence-electron chi connectivity index (χ0n) is 9.60. The molecule has 2 fully saturated rings. The van der Waals surface area contributed by atoms with Gasteiger partial charge >= 0.3 is 0 Å². The second kappa shape index (κ2) is 4.10. The molecule has 0 saturated heterocycles. The molecule has 0 aliphatic heterocycles. The first-order valence-electron chi connectivity index (χ1n) is 6.39. The molecule has 16 heavy (non-hydrogen) atoms. The summed E-state index contributed by atoms with van der Waals surface area (Å²) in [6.45, 7) is 1.05. The van der Waals surface area contributed by atoms with Crippen LogP contribution in [0, 0.1) is 17.8 Å². The van der Waals surface area contributed by atoms with Crippen LogP contribution in [0.2, 0.25) is 0 Å². The number of fused-ring (bicyclic) bond motifs is 2. The molecule has 3 rings (SSSR count). The first-order chi connectivity index (χ1) is 7.84. The average Bonchev–Trinajstić information content (AvgIpc) is 2.89. The van der Waals surface area contributed by atoms with Gasteiger partial charge in [0.05, 0.1) is 0 Å². The summed E-state index contributed by atoms with van der Waals surface area (Å²) in [6.07, 6.45) is 4.15. The Kier molecular flexibility index (Phi) is 2.60. The van der Waals surface area contributed by atoms with E-state index in [1.807, 2.05) is 0 Å². The Hall–Kier alpha value is -1.02. The molecular formula is C14H20N2. The van der Waals surface area contributed by atoms with E-state index >= 15 is 0 Å². The molecule has 4 unspecified atom stereocenters. The lowest BCUT2D eigenvalue weighted by Gasteiger charge is -2.28. The lowest BCUT2D eigenvalue weighted by Crippen LogP contribution is -2.39. The number of nitrogens with one attached hydrogen (secondary N) is 1. The van der Waals surface area contributed by atoms with Gasteiger partial charge in [0, 0.05) is 18.3 Å². The second-order valence-corrected chi connectivity index (χ2v) is 5.32. The number of hydrogen-bond acceptors (Lipinski definition) is 2. The Morgan fingerprint density at radius 2 is 1.88 bits per heavy atom. The first-order valence-corrected chi connectivity index (χ1v) is 6.39. The van der Waals surface area contributed by atoms with Crippen LogP contribution in [0.25, 0.3) is 0 Å². The fourth-order valence-electron chi connectivity index (χ4n) is 3.55. The molecule has 0 radical (unpaired) electrons. The summed E-state index contributed by atoms with van der Waals surface area (Å²) in [5.41, 5.74) is 7.51. The Bertz CT molecular complexity index is 347. The van der Waals surface area contributed by atoms with Crippen LogP contribution in [0.1, 0.15) is 19.3 Å². The lowest BCUT2D eigenvalue weighted by molar-refractivity contribution is 0.302. The van der Waals surface area contributed by atoms with E-state index in [1.165, 1.54) is 24.9 Å². The van der Waals surface area contributed by atoms with Crippen LogP contribution in [0.3, 0.4) is 0 Å². The van der Waals surface area contributed by atoms with Crippen molar-refractivity contribution in [2.24, 2.45) is 23.5 Å². The monoisotopic (exact) mass is 216 g/mol. The van der Waals surface area contributed by atoms with Crippen molar-refractivity contribution in [3.63, 3.8) is 0 Å². The van der Waals surface area contributed by atoms with Gasteiger partial charge in [-0.25, -0.2) is 0 Å². The van der Waals surface area contributed by atoms with Crippen LogP contribution < -0.4 is 11.1 Å². The van der Waals surface area contributed by atoms with Gasteiger partial charge in [0.25, 0.3) is 0 Å². The molecule has 0 amide bonds. The largest absolute Gasteiger partial charge is 0.385 e. The number of rotatable bonds is 3. The number of benzene rings is 1. The average molecular weight is 216 g/mol. The predicted octanol–water partition coefficient (Wildman–Crippen LogP) is 2.47. The van der Waals surface area contributed by atoms with Crippen molar-refractivity contribution >= 4 is 5.69 Å². The fourth-order valence-corrected chi connectivity index (χ4v) is 3.55. The summed E-state index contributed by atoms with van der Waals surface area (Å²) in [6, 6.07) is 10.9. The van der Waals surface area contributed by atoms with Gasteiger partial charge in [-0.05, 0) is 49.1 Å². The van der Waals surface area contributed by atoms with Crippen molar-refractivity contribution in [3.8, 4) is 0 Å². The molecule has 86 valence electrons. The number of para-hydroxylation sites is 1. The topological polar surface area (TPSA) is 38.0 Å². The molecule has 0 heterocycles. The van der Waals surface area contributed by atoms with Gasteiger partial charge in [0.15, 0.2) is 0 Å². The van der Waals surface area contributed by atoms with Crippen LogP contribution >= 0.6 is 0 Å². The third kappa shape index (κ3) is 1.71. The highest BCUT2D eigenvalue weighted by molar-refractivity contribution is 5.42. The summed E-state index contributed by atoms with van der Waals surface area (Å²) in [7, 11) is 0. The maximum absolute atomic E-state index is 6.29. The van der Waals surface area contributed by atoms with Crippen molar-refractivity contribution < 1.29 is 0 Å². The van der Waals surface area contributed by atoms with Gasteiger partial charge in [0.1, 0.15) is 0 Å². The minimum Gasteiger partial charge on any atom is -0.385 e. The summed E-state index contributed by atoms with van der Waals surface area (Å²) >= 11 is 0. The van der Waals surface area contributed by atoms with Crippen molar-refractivity contribution in [1.29, 1.82) is 0 Å². The van der Waals surface area contributed by atoms with E-state index in [1.54, 1.807) is 0 Å². The molecule has 2 bridgehead atoms.